The third-order valence-electron chi connectivity index (χ3n) is 2.64. The average molecular weight is 326 g/mol. The van der Waals surface area contributed by atoms with Crippen LogP contribution in [0.25, 0.3) is 10.7 Å². The van der Waals surface area contributed by atoms with Gasteiger partial charge in [0.2, 0.25) is 5.03 Å². The molecule has 0 atom stereocenters. The first-order valence-corrected chi connectivity index (χ1v) is 8.25. The van der Waals surface area contributed by atoms with E-state index in [1.165, 1.54) is 17.5 Å². The van der Waals surface area contributed by atoms with Crippen LogP contribution in [-0.2, 0) is 16.4 Å². The lowest BCUT2D eigenvalue weighted by atomic mass is 10.4. The molecule has 0 aliphatic heterocycles. The van der Waals surface area contributed by atoms with E-state index in [1.54, 1.807) is 18.5 Å². The molecule has 0 fully saturated rings. The number of nitrogens with one attached hydrogen (secondary N) is 2. The smallest absolute Gasteiger partial charge is 0.274 e. The fourth-order valence-electron chi connectivity index (χ4n) is 1.69. The second-order valence-corrected chi connectivity index (χ2v) is 6.46. The van der Waals surface area contributed by atoms with Gasteiger partial charge in [-0.15, -0.1) is 11.3 Å². The standard InChI is InChI=1S/C10H10N6O3S2/c1-2-6-10(15-19-14-6)21(17,18)16-7-5-12-13-8(7)9-11-3-4-20-9/h3-5,16H,2H2,1H3,(H,12,13). The van der Waals surface area contributed by atoms with Crippen LogP contribution < -0.4 is 4.72 Å². The summed E-state index contributed by atoms with van der Waals surface area (Å²) in [5.41, 5.74) is 1.04. The van der Waals surface area contributed by atoms with Crippen LogP contribution in [0.2, 0.25) is 0 Å². The quantitative estimate of drug-likeness (QED) is 0.723. The Bertz CT molecular complexity index is 836. The number of thiazole rings is 1. The number of H-pyrrole nitrogens is 1. The predicted molar refractivity (Wildman–Crippen MR) is 74.2 cm³/mol. The lowest BCUT2D eigenvalue weighted by molar-refractivity contribution is 0.295. The van der Waals surface area contributed by atoms with Crippen molar-refractivity contribution < 1.29 is 13.0 Å². The minimum absolute atomic E-state index is 0.226. The molecule has 0 aliphatic carbocycles. The summed E-state index contributed by atoms with van der Waals surface area (Å²) in [4.78, 5) is 4.11. The monoisotopic (exact) mass is 326 g/mol. The number of anilines is 1. The molecule has 3 aromatic rings. The van der Waals surface area contributed by atoms with Crippen LogP contribution in [0.1, 0.15) is 12.6 Å². The molecule has 0 spiro atoms. The Morgan fingerprint density at radius 3 is 3.00 bits per heavy atom. The highest BCUT2D eigenvalue weighted by Crippen LogP contribution is 2.28. The van der Waals surface area contributed by atoms with E-state index in [0.717, 1.165) is 0 Å². The number of sulfonamides is 1. The highest BCUT2D eigenvalue weighted by Gasteiger charge is 2.26. The van der Waals surface area contributed by atoms with Gasteiger partial charge in [0, 0.05) is 11.6 Å². The molecule has 0 unspecified atom stereocenters. The maximum Gasteiger partial charge on any atom is 0.285 e. The Morgan fingerprint density at radius 1 is 1.43 bits per heavy atom. The topological polar surface area (TPSA) is 127 Å². The second-order valence-electron chi connectivity index (χ2n) is 3.97. The van der Waals surface area contributed by atoms with E-state index in [4.69, 9.17) is 0 Å². The SMILES string of the molecule is CCc1nonc1S(=O)(=O)Nc1cn[nH]c1-c1nccs1. The van der Waals surface area contributed by atoms with E-state index >= 15 is 0 Å². The van der Waals surface area contributed by atoms with Crippen LogP contribution in [0.3, 0.4) is 0 Å². The van der Waals surface area contributed by atoms with E-state index in [9.17, 15) is 8.42 Å². The van der Waals surface area contributed by atoms with E-state index in [2.05, 4.69) is 34.8 Å². The summed E-state index contributed by atoms with van der Waals surface area (Å²) in [7, 11) is -3.90. The summed E-state index contributed by atoms with van der Waals surface area (Å²) >= 11 is 1.36. The molecule has 0 aromatic carbocycles. The molecule has 3 aromatic heterocycles. The maximum atomic E-state index is 12.3. The number of rotatable bonds is 5. The van der Waals surface area contributed by atoms with Gasteiger partial charge < -0.3 is 0 Å². The minimum Gasteiger partial charge on any atom is -0.274 e. The fraction of sp³-hybridized carbons (Fsp3) is 0.200. The lowest BCUT2D eigenvalue weighted by Gasteiger charge is -2.04. The number of aromatic amines is 1. The molecule has 3 heterocycles. The van der Waals surface area contributed by atoms with E-state index in [1.807, 2.05) is 0 Å². The molecule has 0 bridgehead atoms. The van der Waals surface area contributed by atoms with Crippen LogP contribution in [0, 0.1) is 0 Å². The summed E-state index contributed by atoms with van der Waals surface area (Å²) < 4.78 is 31.6. The first-order chi connectivity index (χ1) is 10.1. The Balaban J connectivity index is 1.96. The maximum absolute atomic E-state index is 12.3. The summed E-state index contributed by atoms with van der Waals surface area (Å²) in [5.74, 6) is 0. The molecule has 11 heteroatoms. The van der Waals surface area contributed by atoms with Crippen molar-refractivity contribution in [2.45, 2.75) is 18.4 Å². The Hall–Kier alpha value is -2.27. The van der Waals surface area contributed by atoms with Crippen LogP contribution in [0.4, 0.5) is 5.69 Å². The molecule has 0 aliphatic rings. The molecule has 2 N–H and O–H groups in total. The molecular weight excluding hydrogens is 316 g/mol. The van der Waals surface area contributed by atoms with Crippen LogP contribution in [0.5, 0.6) is 0 Å². The number of aryl methyl sites for hydroxylation is 1. The highest BCUT2D eigenvalue weighted by atomic mass is 32.2. The number of hydrogen-bond acceptors (Lipinski definition) is 8. The molecular formula is C10H10N6O3S2. The summed E-state index contributed by atoms with van der Waals surface area (Å²) in [6, 6.07) is 0. The van der Waals surface area contributed by atoms with Crippen molar-refractivity contribution in [1.29, 1.82) is 0 Å². The number of aromatic nitrogens is 5. The predicted octanol–water partition coefficient (Wildman–Crippen LogP) is 1.28. The normalized spacial score (nSPS) is 11.7. The van der Waals surface area contributed by atoms with Crippen LogP contribution in [0.15, 0.2) is 27.4 Å². The zero-order valence-electron chi connectivity index (χ0n) is 10.8. The van der Waals surface area contributed by atoms with Crippen molar-refractivity contribution in [1.82, 2.24) is 25.5 Å². The van der Waals surface area contributed by atoms with Gasteiger partial charge in [0.25, 0.3) is 10.0 Å². The first-order valence-electron chi connectivity index (χ1n) is 5.89. The minimum atomic E-state index is -3.90. The second kappa shape index (κ2) is 5.26. The summed E-state index contributed by atoms with van der Waals surface area (Å²) in [6.07, 6.45) is 3.38. The first kappa shape index (κ1) is 13.7. The van der Waals surface area contributed by atoms with E-state index < -0.39 is 10.0 Å². The van der Waals surface area contributed by atoms with Crippen molar-refractivity contribution in [2.24, 2.45) is 0 Å². The van der Waals surface area contributed by atoms with Gasteiger partial charge in [-0.25, -0.2) is 9.61 Å². The Labute approximate surface area is 123 Å². The third kappa shape index (κ3) is 2.52. The van der Waals surface area contributed by atoms with Gasteiger partial charge in [-0.3, -0.25) is 9.82 Å². The molecule has 0 amide bonds. The molecule has 110 valence electrons. The molecule has 21 heavy (non-hydrogen) atoms. The molecule has 0 saturated heterocycles. The molecule has 3 rings (SSSR count). The fourth-order valence-corrected chi connectivity index (χ4v) is 3.50. The van der Waals surface area contributed by atoms with Crippen molar-refractivity contribution in [3.05, 3.63) is 23.5 Å². The lowest BCUT2D eigenvalue weighted by Crippen LogP contribution is -2.15. The molecule has 0 saturated carbocycles. The van der Waals surface area contributed by atoms with Gasteiger partial charge in [0.1, 0.15) is 16.4 Å². The van der Waals surface area contributed by atoms with Crippen LogP contribution in [-0.4, -0.2) is 33.9 Å². The van der Waals surface area contributed by atoms with Crippen molar-refractivity contribution >= 4 is 27.0 Å². The molecule has 9 nitrogen and oxygen atoms in total. The van der Waals surface area contributed by atoms with E-state index in [-0.39, 0.29) is 16.4 Å². The van der Waals surface area contributed by atoms with Gasteiger partial charge in [0.15, 0.2) is 0 Å². The van der Waals surface area contributed by atoms with Gasteiger partial charge in [-0.05, 0) is 11.6 Å². The van der Waals surface area contributed by atoms with Crippen molar-refractivity contribution in [2.75, 3.05) is 4.72 Å². The highest BCUT2D eigenvalue weighted by molar-refractivity contribution is 7.92. The van der Waals surface area contributed by atoms with Crippen molar-refractivity contribution in [3.8, 4) is 10.7 Å². The third-order valence-corrected chi connectivity index (χ3v) is 4.74. The largest absolute Gasteiger partial charge is 0.285 e. The van der Waals surface area contributed by atoms with Crippen molar-refractivity contribution in [3.63, 3.8) is 0 Å². The number of nitrogens with zero attached hydrogens (tertiary/aromatic N) is 4. The zero-order valence-corrected chi connectivity index (χ0v) is 12.4. The Kier molecular flexibility index (Phi) is 3.43. The van der Waals surface area contributed by atoms with Crippen LogP contribution >= 0.6 is 11.3 Å². The van der Waals surface area contributed by atoms with Gasteiger partial charge in [0.05, 0.1) is 11.9 Å². The average Bonchev–Trinajstić information content (AvgIpc) is 3.19. The summed E-state index contributed by atoms with van der Waals surface area (Å²) in [5, 5.41) is 15.8. The summed E-state index contributed by atoms with van der Waals surface area (Å²) in [6.45, 7) is 1.76. The number of hydrogen-bond donors (Lipinski definition) is 2. The molecule has 0 radical (unpaired) electrons. The van der Waals surface area contributed by atoms with E-state index in [0.29, 0.717) is 17.1 Å². The van der Waals surface area contributed by atoms with Gasteiger partial charge in [-0.1, -0.05) is 12.1 Å². The van der Waals surface area contributed by atoms with Gasteiger partial charge >= 0.3 is 0 Å². The zero-order chi connectivity index (χ0) is 14.9. The van der Waals surface area contributed by atoms with Gasteiger partial charge in [-0.2, -0.15) is 13.5 Å². The Morgan fingerprint density at radius 2 is 2.29 bits per heavy atom.